The van der Waals surface area contributed by atoms with E-state index in [9.17, 15) is 13.2 Å². The first-order valence-electron chi connectivity index (χ1n) is 10.4. The number of amides is 1. The summed E-state index contributed by atoms with van der Waals surface area (Å²) in [6.07, 6.45) is 2.47. The number of sulfone groups is 1. The van der Waals surface area contributed by atoms with Crippen LogP contribution in [-0.4, -0.2) is 82.4 Å². The van der Waals surface area contributed by atoms with Crippen molar-refractivity contribution in [1.29, 1.82) is 0 Å². The van der Waals surface area contributed by atoms with Crippen LogP contribution in [0.1, 0.15) is 37.0 Å². The summed E-state index contributed by atoms with van der Waals surface area (Å²) in [6, 6.07) is 4.56. The van der Waals surface area contributed by atoms with Crippen LogP contribution in [-0.2, 0) is 14.6 Å². The quantitative estimate of drug-likeness (QED) is 0.393. The Kier molecular flexibility index (Phi) is 9.11. The monoisotopic (exact) mass is 457 g/mol. The van der Waals surface area contributed by atoms with Crippen LogP contribution in [0.5, 0.6) is 11.5 Å². The van der Waals surface area contributed by atoms with E-state index in [1.165, 1.54) is 18.3 Å². The number of hydrogen-bond acceptors (Lipinski definition) is 8. The van der Waals surface area contributed by atoms with Crippen LogP contribution in [0.2, 0.25) is 0 Å². The lowest BCUT2D eigenvalue weighted by Gasteiger charge is -2.37. The number of rotatable bonds is 11. The number of nitrogens with zero attached hydrogens (tertiary/aromatic N) is 2. The van der Waals surface area contributed by atoms with Gasteiger partial charge in [0.25, 0.3) is 5.91 Å². The van der Waals surface area contributed by atoms with E-state index in [0.717, 1.165) is 0 Å². The second-order valence-corrected chi connectivity index (χ2v) is 10.3. The number of nitrogens with two attached hydrogens (primary N) is 1. The maximum atomic E-state index is 13.5. The minimum atomic E-state index is -3.56. The van der Waals surface area contributed by atoms with E-state index in [2.05, 4.69) is 0 Å². The third-order valence-electron chi connectivity index (χ3n) is 5.32. The van der Waals surface area contributed by atoms with Crippen LogP contribution >= 0.6 is 0 Å². The Hall–Kier alpha value is -1.88. The van der Waals surface area contributed by atoms with Gasteiger partial charge in [-0.25, -0.2) is 13.4 Å². The Morgan fingerprint density at radius 1 is 1.26 bits per heavy atom. The van der Waals surface area contributed by atoms with E-state index < -0.39 is 15.2 Å². The van der Waals surface area contributed by atoms with Crippen molar-refractivity contribution in [2.75, 3.05) is 46.8 Å². The van der Waals surface area contributed by atoms with E-state index in [-0.39, 0.29) is 17.9 Å². The molecule has 2 atom stereocenters. The van der Waals surface area contributed by atoms with E-state index >= 15 is 0 Å². The normalized spacial score (nSPS) is 18.2. The van der Waals surface area contributed by atoms with Crippen molar-refractivity contribution in [3.63, 3.8) is 0 Å². The highest BCUT2D eigenvalue weighted by Crippen LogP contribution is 2.32. The molecule has 9 nitrogen and oxygen atoms in total. The summed E-state index contributed by atoms with van der Waals surface area (Å²) in [7, 11) is -0.416. The molecule has 1 aromatic rings. The smallest absolute Gasteiger partial charge is 0.255 e. The minimum Gasteiger partial charge on any atom is -0.493 e. The second kappa shape index (κ2) is 11.1. The maximum Gasteiger partial charge on any atom is 0.255 e. The van der Waals surface area contributed by atoms with Gasteiger partial charge >= 0.3 is 0 Å². The molecule has 1 aromatic carbocycles. The highest BCUT2D eigenvalue weighted by molar-refractivity contribution is 7.91. The molecule has 10 heteroatoms. The molecular formula is C21H35N3O6S. The molecule has 0 radical (unpaired) electrons. The summed E-state index contributed by atoms with van der Waals surface area (Å²) < 4.78 is 41.7. The first-order chi connectivity index (χ1) is 14.6. The molecule has 0 aliphatic carbocycles. The SMILES string of the molecule is COCCCOc1cc(C(=O)N(C(C)C)C([C@H]2CCN(N)C2)S(C)(=O)=O)ccc1OC. The molecule has 1 saturated heterocycles. The molecule has 1 amide bonds. The van der Waals surface area contributed by atoms with Gasteiger partial charge in [-0.3, -0.25) is 10.6 Å². The summed E-state index contributed by atoms with van der Waals surface area (Å²) in [5, 5.41) is 0.646. The zero-order chi connectivity index (χ0) is 23.2. The molecule has 0 aromatic heterocycles. The molecule has 2 rings (SSSR count). The fraction of sp³-hybridized carbons (Fsp3) is 0.667. The fourth-order valence-corrected chi connectivity index (χ4v) is 5.61. The predicted molar refractivity (Wildman–Crippen MR) is 119 cm³/mol. The molecule has 1 heterocycles. The lowest BCUT2D eigenvalue weighted by molar-refractivity contribution is 0.0627. The van der Waals surface area contributed by atoms with Gasteiger partial charge in [0.2, 0.25) is 0 Å². The number of hydrogen-bond donors (Lipinski definition) is 1. The number of carbonyl (C=O) groups excluding carboxylic acids is 1. The average molecular weight is 458 g/mol. The van der Waals surface area contributed by atoms with Crippen LogP contribution < -0.4 is 15.3 Å². The molecule has 1 unspecified atom stereocenters. The number of methoxy groups -OCH3 is 2. The van der Waals surface area contributed by atoms with Crippen molar-refractivity contribution >= 4 is 15.7 Å². The molecule has 1 aliphatic heterocycles. The van der Waals surface area contributed by atoms with Gasteiger partial charge in [0, 0.05) is 57.0 Å². The third kappa shape index (κ3) is 6.55. The largest absolute Gasteiger partial charge is 0.493 e. The van der Waals surface area contributed by atoms with Gasteiger partial charge < -0.3 is 19.1 Å². The molecule has 31 heavy (non-hydrogen) atoms. The predicted octanol–water partition coefficient (Wildman–Crippen LogP) is 1.53. The Morgan fingerprint density at radius 3 is 2.48 bits per heavy atom. The lowest BCUT2D eigenvalue weighted by Crippen LogP contribution is -2.52. The van der Waals surface area contributed by atoms with Gasteiger partial charge in [-0.15, -0.1) is 0 Å². The molecule has 176 valence electrons. The second-order valence-electron chi connectivity index (χ2n) is 8.13. The van der Waals surface area contributed by atoms with Crippen LogP contribution in [0, 0.1) is 5.92 Å². The summed E-state index contributed by atoms with van der Waals surface area (Å²) in [6.45, 7) is 5.60. The first-order valence-corrected chi connectivity index (χ1v) is 12.4. The van der Waals surface area contributed by atoms with Crippen molar-refractivity contribution in [3.8, 4) is 11.5 Å². The van der Waals surface area contributed by atoms with Crippen LogP contribution in [0.15, 0.2) is 18.2 Å². The summed E-state index contributed by atoms with van der Waals surface area (Å²) >= 11 is 0. The molecular weight excluding hydrogens is 422 g/mol. The van der Waals surface area contributed by atoms with Gasteiger partial charge in [-0.2, -0.15) is 0 Å². The topological polar surface area (TPSA) is 111 Å². The number of benzene rings is 1. The Morgan fingerprint density at radius 2 is 1.97 bits per heavy atom. The van der Waals surface area contributed by atoms with Gasteiger partial charge in [0.1, 0.15) is 5.37 Å². The van der Waals surface area contributed by atoms with Gasteiger partial charge in [-0.1, -0.05) is 0 Å². The standard InChI is InChI=1S/C21H35N3O6S/c1-15(2)24(21(31(5,26)27)17-9-10-23(22)14-17)20(25)16-7-8-18(29-4)19(13-16)30-12-6-11-28-3/h7-8,13,15,17,21H,6,9-12,14,22H2,1-5H3/t17-,21?/m0/s1. The van der Waals surface area contributed by atoms with Crippen LogP contribution in [0.25, 0.3) is 0 Å². The summed E-state index contributed by atoms with van der Waals surface area (Å²) in [5.74, 6) is 6.19. The van der Waals surface area contributed by atoms with Crippen molar-refractivity contribution in [2.24, 2.45) is 11.8 Å². The fourth-order valence-electron chi connectivity index (χ4n) is 3.93. The van der Waals surface area contributed by atoms with Crippen LogP contribution in [0.4, 0.5) is 0 Å². The molecule has 1 aliphatic rings. The number of ether oxygens (including phenoxy) is 3. The van der Waals surface area contributed by atoms with Crippen LogP contribution in [0.3, 0.4) is 0 Å². The van der Waals surface area contributed by atoms with E-state index in [4.69, 9.17) is 20.1 Å². The molecule has 0 spiro atoms. The van der Waals surface area contributed by atoms with Crippen molar-refractivity contribution in [2.45, 2.75) is 38.1 Å². The zero-order valence-electron chi connectivity index (χ0n) is 19.0. The lowest BCUT2D eigenvalue weighted by atomic mass is 10.1. The average Bonchev–Trinajstić information content (AvgIpc) is 3.12. The third-order valence-corrected chi connectivity index (χ3v) is 6.81. The molecule has 2 N–H and O–H groups in total. The number of hydrazine groups is 1. The zero-order valence-corrected chi connectivity index (χ0v) is 19.9. The highest BCUT2D eigenvalue weighted by Gasteiger charge is 2.42. The summed E-state index contributed by atoms with van der Waals surface area (Å²) in [4.78, 5) is 15.0. The Bertz CT molecular complexity index is 846. The van der Waals surface area contributed by atoms with E-state index in [0.29, 0.717) is 56.2 Å². The van der Waals surface area contributed by atoms with Gasteiger partial charge in [-0.05, 0) is 38.5 Å². The van der Waals surface area contributed by atoms with Gasteiger partial charge in [0.15, 0.2) is 21.3 Å². The van der Waals surface area contributed by atoms with Gasteiger partial charge in [0.05, 0.1) is 13.7 Å². The Balaban J connectivity index is 2.37. The minimum absolute atomic E-state index is 0.255. The van der Waals surface area contributed by atoms with Crippen molar-refractivity contribution in [1.82, 2.24) is 9.91 Å². The molecule has 1 fully saturated rings. The van der Waals surface area contributed by atoms with E-state index in [1.54, 1.807) is 30.3 Å². The molecule has 0 bridgehead atoms. The maximum absolute atomic E-state index is 13.5. The highest BCUT2D eigenvalue weighted by atomic mass is 32.2. The first kappa shape index (κ1) is 25.4. The van der Waals surface area contributed by atoms with Crippen molar-refractivity contribution < 1.29 is 27.4 Å². The van der Waals surface area contributed by atoms with Crippen molar-refractivity contribution in [3.05, 3.63) is 23.8 Å². The van der Waals surface area contributed by atoms with E-state index in [1.807, 2.05) is 13.8 Å². The number of carbonyl (C=O) groups is 1. The molecule has 0 saturated carbocycles. The summed E-state index contributed by atoms with van der Waals surface area (Å²) in [5.41, 5.74) is 0.340. The Labute approximate surface area is 185 Å².